The van der Waals surface area contributed by atoms with Gasteiger partial charge in [-0.3, -0.25) is 5.32 Å². The van der Waals surface area contributed by atoms with Crippen LogP contribution in [0.15, 0.2) is 91.1 Å². The molecule has 3 aromatic carbocycles. The van der Waals surface area contributed by atoms with Crippen LogP contribution >= 0.6 is 0 Å². The lowest BCUT2D eigenvalue weighted by molar-refractivity contribution is -0.275. The predicted octanol–water partition coefficient (Wildman–Crippen LogP) is 7.01. The van der Waals surface area contributed by atoms with Gasteiger partial charge in [0.25, 0.3) is 0 Å². The van der Waals surface area contributed by atoms with E-state index < -0.39 is 35.8 Å². The lowest BCUT2D eigenvalue weighted by atomic mass is 9.77. The zero-order chi connectivity index (χ0) is 29.7. The van der Waals surface area contributed by atoms with Gasteiger partial charge in [-0.2, -0.15) is 5.10 Å². The zero-order valence-electron chi connectivity index (χ0n) is 21.5. The van der Waals surface area contributed by atoms with Crippen LogP contribution in [0.2, 0.25) is 0 Å². The molecule has 0 unspecified atom stereocenters. The van der Waals surface area contributed by atoms with Gasteiger partial charge in [0, 0.05) is 19.0 Å². The Morgan fingerprint density at radius 3 is 1.88 bits per heavy atom. The summed E-state index contributed by atoms with van der Waals surface area (Å²) in [6.07, 6.45) is -8.62. The largest absolute Gasteiger partial charge is 0.573 e. The molecule has 0 aliphatic heterocycles. The maximum Gasteiger partial charge on any atom is 0.573 e. The fourth-order valence-corrected chi connectivity index (χ4v) is 4.41. The number of carbonyl (C=O) groups excluding carboxylic acids is 1. The Morgan fingerprint density at radius 2 is 1.37 bits per heavy atom. The second-order valence-corrected chi connectivity index (χ2v) is 8.83. The number of rotatable bonds is 9. The third kappa shape index (κ3) is 7.71. The third-order valence-corrected chi connectivity index (χ3v) is 6.02. The molecule has 0 aliphatic carbocycles. The summed E-state index contributed by atoms with van der Waals surface area (Å²) < 4.78 is 88.4. The lowest BCUT2D eigenvalue weighted by Gasteiger charge is -2.37. The van der Waals surface area contributed by atoms with Crippen LogP contribution in [0.1, 0.15) is 23.6 Å². The minimum absolute atomic E-state index is 0.0702. The van der Waals surface area contributed by atoms with Gasteiger partial charge in [0.1, 0.15) is 17.3 Å². The molecule has 4 rings (SSSR count). The number of anilines is 1. The average molecular weight is 579 g/mol. The van der Waals surface area contributed by atoms with Gasteiger partial charge in [-0.05, 0) is 47.9 Å². The van der Waals surface area contributed by atoms with Crippen molar-refractivity contribution in [1.29, 1.82) is 0 Å². The van der Waals surface area contributed by atoms with Crippen LogP contribution in [0.25, 0.3) is 0 Å². The second-order valence-electron chi connectivity index (χ2n) is 8.83. The van der Waals surface area contributed by atoms with Crippen LogP contribution in [0.3, 0.4) is 0 Å². The van der Waals surface area contributed by atoms with Crippen LogP contribution in [-0.4, -0.2) is 28.5 Å². The van der Waals surface area contributed by atoms with E-state index in [4.69, 9.17) is 0 Å². The van der Waals surface area contributed by atoms with Crippen molar-refractivity contribution in [3.05, 3.63) is 108 Å². The molecule has 216 valence electrons. The van der Waals surface area contributed by atoms with Crippen LogP contribution < -0.4 is 20.1 Å². The number of nitrogens with one attached hydrogen (secondary N) is 2. The van der Waals surface area contributed by atoms with E-state index in [1.54, 1.807) is 37.3 Å². The highest BCUT2D eigenvalue weighted by Gasteiger charge is 2.39. The molecule has 0 saturated carbocycles. The lowest BCUT2D eigenvalue weighted by Crippen LogP contribution is -2.50. The number of halogens is 6. The third-order valence-electron chi connectivity index (χ3n) is 6.02. The topological polar surface area (TPSA) is 77.4 Å². The molecule has 7 nitrogen and oxygen atoms in total. The molecule has 0 bridgehead atoms. The van der Waals surface area contributed by atoms with Crippen molar-refractivity contribution in [3.63, 3.8) is 0 Å². The van der Waals surface area contributed by atoms with Crippen molar-refractivity contribution >= 4 is 11.8 Å². The van der Waals surface area contributed by atoms with Crippen LogP contribution in [0.5, 0.6) is 11.5 Å². The Kier molecular flexibility index (Phi) is 8.45. The van der Waals surface area contributed by atoms with Crippen molar-refractivity contribution < 1.29 is 40.6 Å². The highest BCUT2D eigenvalue weighted by molar-refractivity contribution is 5.89. The molecule has 0 atom stereocenters. The summed E-state index contributed by atoms with van der Waals surface area (Å²) in [6, 6.07) is 19.1. The fraction of sp³-hybridized carbons (Fsp3) is 0.214. The molecule has 0 spiro atoms. The minimum Gasteiger partial charge on any atom is -0.406 e. The van der Waals surface area contributed by atoms with Gasteiger partial charge in [0.2, 0.25) is 0 Å². The van der Waals surface area contributed by atoms with Crippen molar-refractivity contribution in [2.24, 2.45) is 0 Å². The van der Waals surface area contributed by atoms with E-state index in [1.165, 1.54) is 41.2 Å². The van der Waals surface area contributed by atoms with Gasteiger partial charge in [0.05, 0.1) is 11.7 Å². The van der Waals surface area contributed by atoms with E-state index in [9.17, 15) is 31.1 Å². The summed E-state index contributed by atoms with van der Waals surface area (Å²) in [7, 11) is 0. The van der Waals surface area contributed by atoms with Gasteiger partial charge in [-0.1, -0.05) is 54.6 Å². The normalized spacial score (nSPS) is 12.1. The molecule has 0 fully saturated rings. The molecule has 13 heteroatoms. The molecule has 2 N–H and O–H groups in total. The van der Waals surface area contributed by atoms with E-state index in [-0.39, 0.29) is 17.5 Å². The molecular formula is C28H24F6N4O3. The molecular weight excluding hydrogens is 554 g/mol. The summed E-state index contributed by atoms with van der Waals surface area (Å²) >= 11 is 0. The molecule has 0 aliphatic rings. The Labute approximate surface area is 230 Å². The summed E-state index contributed by atoms with van der Waals surface area (Å²) in [5, 5.41) is 9.56. The molecule has 41 heavy (non-hydrogen) atoms. The van der Waals surface area contributed by atoms with Crippen molar-refractivity contribution in [1.82, 2.24) is 15.1 Å². The number of nitrogens with zero attached hydrogens (tertiary/aromatic N) is 2. The zero-order valence-corrected chi connectivity index (χ0v) is 21.5. The Hall–Kier alpha value is -4.68. The molecule has 0 saturated heterocycles. The Bertz CT molecular complexity index is 1410. The van der Waals surface area contributed by atoms with Crippen LogP contribution in [0.4, 0.5) is 37.0 Å². The van der Waals surface area contributed by atoms with E-state index in [0.717, 1.165) is 24.3 Å². The standard InChI is InChI=1S/C28H24F6N4O3/c1-2-38-24(14-15-35-38)36-25(39)37-26(18-19-8-4-3-5-9-19,20-10-6-12-22(16-20)40-27(29,30)31)21-11-7-13-23(17-21)41-28(32,33)34/h3-17H,2,18H2,1H3,(H2,36,37,39). The molecule has 0 radical (unpaired) electrons. The first-order valence-electron chi connectivity index (χ1n) is 12.2. The second kappa shape index (κ2) is 11.8. The number of carbonyl (C=O) groups is 1. The summed E-state index contributed by atoms with van der Waals surface area (Å²) in [4.78, 5) is 13.5. The number of amides is 2. The Balaban J connectivity index is 1.89. The van der Waals surface area contributed by atoms with E-state index in [2.05, 4.69) is 25.2 Å². The van der Waals surface area contributed by atoms with E-state index in [1.807, 2.05) is 0 Å². The number of hydrogen-bond acceptors (Lipinski definition) is 4. The van der Waals surface area contributed by atoms with Gasteiger partial charge in [-0.15, -0.1) is 26.3 Å². The smallest absolute Gasteiger partial charge is 0.406 e. The first-order chi connectivity index (χ1) is 19.4. The van der Waals surface area contributed by atoms with Crippen molar-refractivity contribution in [2.45, 2.75) is 38.2 Å². The highest BCUT2D eigenvalue weighted by Crippen LogP contribution is 2.38. The number of hydrogen-bond donors (Lipinski definition) is 2. The van der Waals surface area contributed by atoms with Gasteiger partial charge in [0.15, 0.2) is 0 Å². The fourth-order valence-electron chi connectivity index (χ4n) is 4.41. The SMILES string of the molecule is CCn1nccc1NC(=O)NC(Cc1ccccc1)(c1cccc(OC(F)(F)F)c1)c1cccc(OC(F)(F)F)c1. The van der Waals surface area contributed by atoms with Crippen molar-refractivity contribution in [3.8, 4) is 11.5 Å². The highest BCUT2D eigenvalue weighted by atomic mass is 19.4. The average Bonchev–Trinajstić information content (AvgIpc) is 3.34. The summed E-state index contributed by atoms with van der Waals surface area (Å²) in [5.74, 6) is -0.843. The molecule has 4 aromatic rings. The van der Waals surface area contributed by atoms with Gasteiger partial charge < -0.3 is 14.8 Å². The summed E-state index contributed by atoms with van der Waals surface area (Å²) in [6.45, 7) is 2.22. The monoisotopic (exact) mass is 578 g/mol. The maximum atomic E-state index is 13.5. The number of alkyl halides is 6. The number of ether oxygens (including phenoxy) is 2. The number of benzene rings is 3. The van der Waals surface area contributed by atoms with Gasteiger partial charge in [-0.25, -0.2) is 9.48 Å². The first kappa shape index (κ1) is 29.3. The first-order valence-corrected chi connectivity index (χ1v) is 12.2. The van der Waals surface area contributed by atoms with Crippen LogP contribution in [-0.2, 0) is 18.5 Å². The quantitative estimate of drug-likeness (QED) is 0.210. The molecule has 2 amide bonds. The number of urea groups is 1. The maximum absolute atomic E-state index is 13.5. The predicted molar refractivity (Wildman–Crippen MR) is 137 cm³/mol. The minimum atomic E-state index is -5.01. The van der Waals surface area contributed by atoms with Gasteiger partial charge >= 0.3 is 18.8 Å². The Morgan fingerprint density at radius 1 is 0.805 bits per heavy atom. The van der Waals surface area contributed by atoms with E-state index >= 15 is 0 Å². The summed E-state index contributed by atoms with van der Waals surface area (Å²) in [5.41, 5.74) is -0.883. The molecule has 1 aromatic heterocycles. The number of aryl methyl sites for hydroxylation is 1. The van der Waals surface area contributed by atoms with Crippen LogP contribution in [0, 0.1) is 0 Å². The van der Waals surface area contributed by atoms with Crippen molar-refractivity contribution in [2.75, 3.05) is 5.32 Å². The van der Waals surface area contributed by atoms with E-state index in [0.29, 0.717) is 17.9 Å². The molecule has 1 heterocycles. The number of aromatic nitrogens is 2.